The monoisotopic (exact) mass is 464 g/mol. The molecule has 0 aliphatic carbocycles. The summed E-state index contributed by atoms with van der Waals surface area (Å²) < 4.78 is 2.37. The summed E-state index contributed by atoms with van der Waals surface area (Å²) in [5.41, 5.74) is 9.99. The highest BCUT2D eigenvalue weighted by molar-refractivity contribution is 6.12. The van der Waals surface area contributed by atoms with Crippen molar-refractivity contribution < 1.29 is 0 Å². The molecule has 0 aliphatic rings. The van der Waals surface area contributed by atoms with Crippen molar-refractivity contribution in [2.24, 2.45) is 0 Å². The zero-order valence-corrected chi connectivity index (χ0v) is 20.5. The van der Waals surface area contributed by atoms with E-state index in [-0.39, 0.29) is 0 Å². The van der Waals surface area contributed by atoms with Gasteiger partial charge in [0.1, 0.15) is 0 Å². The van der Waals surface area contributed by atoms with Gasteiger partial charge in [0, 0.05) is 38.3 Å². The first-order valence-electron chi connectivity index (χ1n) is 12.9. The number of nitrogens with zero attached hydrogens (tertiary/aromatic N) is 1. The van der Waals surface area contributed by atoms with Gasteiger partial charge in [0.2, 0.25) is 0 Å². The Balaban J connectivity index is 1.41. The fourth-order valence-corrected chi connectivity index (χ4v) is 5.67. The number of aryl methyl sites for hydroxylation is 1. The van der Waals surface area contributed by atoms with Gasteiger partial charge in [0.05, 0.1) is 11.0 Å². The van der Waals surface area contributed by atoms with Crippen molar-refractivity contribution in [2.75, 3.05) is 0 Å². The fourth-order valence-electron chi connectivity index (χ4n) is 5.67. The number of nitrogens with one attached hydrogen (secondary N) is 1. The lowest BCUT2D eigenvalue weighted by Crippen LogP contribution is -1.92. The number of aromatic nitrogens is 2. The van der Waals surface area contributed by atoms with Crippen LogP contribution in [0.2, 0.25) is 0 Å². The maximum atomic E-state index is 3.61. The van der Waals surface area contributed by atoms with Gasteiger partial charge in [-0.15, -0.1) is 0 Å². The zero-order chi connectivity index (χ0) is 24.1. The van der Waals surface area contributed by atoms with Crippen molar-refractivity contribution in [3.63, 3.8) is 0 Å². The van der Waals surface area contributed by atoms with Crippen molar-refractivity contribution in [2.45, 2.75) is 26.2 Å². The smallest absolute Gasteiger partial charge is 0.0541 e. The number of fused-ring (bicyclic) bond motifs is 6. The topological polar surface area (TPSA) is 20.7 Å². The minimum atomic E-state index is 1.14. The van der Waals surface area contributed by atoms with Gasteiger partial charge in [0.15, 0.2) is 0 Å². The first-order valence-corrected chi connectivity index (χ1v) is 12.9. The number of hydrogen-bond acceptors (Lipinski definition) is 0. The molecule has 0 unspecified atom stereocenters. The van der Waals surface area contributed by atoms with Gasteiger partial charge in [-0.3, -0.25) is 0 Å². The van der Waals surface area contributed by atoms with Crippen molar-refractivity contribution in [3.8, 4) is 16.8 Å². The second-order valence-corrected chi connectivity index (χ2v) is 9.79. The third-order valence-electron chi connectivity index (χ3n) is 7.50. The molecule has 2 nitrogen and oxygen atoms in total. The van der Waals surface area contributed by atoms with Gasteiger partial charge in [-0.05, 0) is 84.1 Å². The molecule has 0 aliphatic heterocycles. The van der Waals surface area contributed by atoms with Crippen molar-refractivity contribution in [1.29, 1.82) is 0 Å². The SMILES string of the molecule is CCCCc1ccc2[nH]c3ccc(-c4ccc5c(c4)c4ccccc4n5-c4ccccc4)cc3c2c1. The maximum absolute atomic E-state index is 3.61. The molecule has 7 rings (SSSR count). The molecule has 36 heavy (non-hydrogen) atoms. The minimum absolute atomic E-state index is 1.14. The van der Waals surface area contributed by atoms with Crippen LogP contribution in [0, 0.1) is 0 Å². The molecule has 0 saturated carbocycles. The van der Waals surface area contributed by atoms with Gasteiger partial charge in [-0.1, -0.05) is 67.9 Å². The molecule has 0 fully saturated rings. The normalized spacial score (nSPS) is 11.8. The van der Waals surface area contributed by atoms with Crippen LogP contribution in [-0.4, -0.2) is 9.55 Å². The van der Waals surface area contributed by atoms with Gasteiger partial charge >= 0.3 is 0 Å². The van der Waals surface area contributed by atoms with E-state index in [2.05, 4.69) is 126 Å². The van der Waals surface area contributed by atoms with E-state index in [1.807, 2.05) is 0 Å². The van der Waals surface area contributed by atoms with E-state index in [0.29, 0.717) is 0 Å². The largest absolute Gasteiger partial charge is 0.355 e. The Kier molecular flexibility index (Phi) is 4.92. The molecule has 0 spiro atoms. The summed E-state index contributed by atoms with van der Waals surface area (Å²) in [6, 6.07) is 40.0. The molecule has 2 heteroatoms. The first-order chi connectivity index (χ1) is 17.8. The number of H-pyrrole nitrogens is 1. The van der Waals surface area contributed by atoms with Crippen LogP contribution in [0.5, 0.6) is 0 Å². The Labute approximate surface area is 210 Å². The summed E-state index contributed by atoms with van der Waals surface area (Å²) in [7, 11) is 0. The third-order valence-corrected chi connectivity index (χ3v) is 7.50. The first kappa shape index (κ1) is 21.0. The summed E-state index contributed by atoms with van der Waals surface area (Å²) in [6.45, 7) is 2.25. The predicted molar refractivity (Wildman–Crippen MR) is 154 cm³/mol. The maximum Gasteiger partial charge on any atom is 0.0541 e. The van der Waals surface area contributed by atoms with Crippen LogP contribution in [-0.2, 0) is 6.42 Å². The molecule has 0 amide bonds. The van der Waals surface area contributed by atoms with E-state index in [1.165, 1.54) is 78.8 Å². The van der Waals surface area contributed by atoms with Crippen LogP contribution in [0.1, 0.15) is 25.3 Å². The number of benzene rings is 5. The van der Waals surface area contributed by atoms with Gasteiger partial charge in [0.25, 0.3) is 0 Å². The predicted octanol–water partition coefficient (Wildman–Crippen LogP) is 9.43. The quantitative estimate of drug-likeness (QED) is 0.262. The highest BCUT2D eigenvalue weighted by atomic mass is 15.0. The molecule has 0 saturated heterocycles. The highest BCUT2D eigenvalue weighted by Crippen LogP contribution is 2.36. The van der Waals surface area contributed by atoms with E-state index in [0.717, 1.165) is 6.42 Å². The van der Waals surface area contributed by atoms with Crippen LogP contribution in [0.3, 0.4) is 0 Å². The van der Waals surface area contributed by atoms with Gasteiger partial charge in [-0.2, -0.15) is 0 Å². The lowest BCUT2D eigenvalue weighted by molar-refractivity contribution is 0.796. The standard InChI is InChI=1S/C34H28N2/c1-2-3-9-23-14-17-31-28(20-23)29-21-24(15-18-32(29)35-31)25-16-19-34-30(22-25)27-12-7-8-13-33(27)36(34)26-10-5-4-6-11-26/h4-8,10-22,35H,2-3,9H2,1H3. The molecular weight excluding hydrogens is 436 g/mol. The van der Waals surface area contributed by atoms with E-state index in [4.69, 9.17) is 0 Å². The van der Waals surface area contributed by atoms with Crippen LogP contribution in [0.25, 0.3) is 60.4 Å². The Morgan fingerprint density at radius 2 is 1.25 bits per heavy atom. The molecule has 0 bridgehead atoms. The summed E-state index contributed by atoms with van der Waals surface area (Å²) in [5, 5.41) is 5.19. The number of para-hydroxylation sites is 2. The Bertz CT molecular complexity index is 1870. The van der Waals surface area contributed by atoms with E-state index < -0.39 is 0 Å². The molecule has 1 N–H and O–H groups in total. The summed E-state index contributed by atoms with van der Waals surface area (Å²) in [5.74, 6) is 0. The molecule has 5 aromatic carbocycles. The van der Waals surface area contributed by atoms with Crippen LogP contribution in [0.4, 0.5) is 0 Å². The molecule has 0 atom stereocenters. The molecule has 7 aromatic rings. The molecular formula is C34H28N2. The molecule has 0 radical (unpaired) electrons. The average molecular weight is 465 g/mol. The molecule has 2 heterocycles. The second kappa shape index (κ2) is 8.42. The number of unbranched alkanes of at least 4 members (excludes halogenated alkanes) is 1. The zero-order valence-electron chi connectivity index (χ0n) is 20.5. The highest BCUT2D eigenvalue weighted by Gasteiger charge is 2.13. The van der Waals surface area contributed by atoms with Gasteiger partial charge in [-0.25, -0.2) is 0 Å². The Morgan fingerprint density at radius 1 is 0.583 bits per heavy atom. The van der Waals surface area contributed by atoms with Crippen molar-refractivity contribution >= 4 is 43.6 Å². The Hall–Kier alpha value is -4.30. The number of hydrogen-bond donors (Lipinski definition) is 1. The van der Waals surface area contributed by atoms with Crippen molar-refractivity contribution in [3.05, 3.63) is 115 Å². The van der Waals surface area contributed by atoms with E-state index >= 15 is 0 Å². The second-order valence-electron chi connectivity index (χ2n) is 9.79. The third kappa shape index (κ3) is 3.33. The van der Waals surface area contributed by atoms with Gasteiger partial charge < -0.3 is 9.55 Å². The Morgan fingerprint density at radius 3 is 2.08 bits per heavy atom. The molecule has 2 aromatic heterocycles. The summed E-state index contributed by atoms with van der Waals surface area (Å²) in [6.07, 6.45) is 3.59. The van der Waals surface area contributed by atoms with E-state index in [9.17, 15) is 0 Å². The van der Waals surface area contributed by atoms with Crippen LogP contribution < -0.4 is 0 Å². The molecule has 174 valence electrons. The summed E-state index contributed by atoms with van der Waals surface area (Å²) in [4.78, 5) is 3.61. The minimum Gasteiger partial charge on any atom is -0.355 e. The van der Waals surface area contributed by atoms with Crippen LogP contribution in [0.15, 0.2) is 109 Å². The lowest BCUT2D eigenvalue weighted by atomic mass is 9.99. The fraction of sp³-hybridized carbons (Fsp3) is 0.118. The van der Waals surface area contributed by atoms with Crippen molar-refractivity contribution in [1.82, 2.24) is 9.55 Å². The lowest BCUT2D eigenvalue weighted by Gasteiger charge is -2.08. The number of aromatic amines is 1. The summed E-state index contributed by atoms with van der Waals surface area (Å²) >= 11 is 0. The van der Waals surface area contributed by atoms with E-state index in [1.54, 1.807) is 0 Å². The average Bonchev–Trinajstić information content (AvgIpc) is 3.47. The number of rotatable bonds is 5. The van der Waals surface area contributed by atoms with Crippen LogP contribution >= 0.6 is 0 Å².